The van der Waals surface area contributed by atoms with Gasteiger partial charge < -0.3 is 20.1 Å². The van der Waals surface area contributed by atoms with Crippen LogP contribution in [0.15, 0.2) is 0 Å². The van der Waals surface area contributed by atoms with Crippen LogP contribution in [-0.2, 0) is 14.3 Å². The van der Waals surface area contributed by atoms with Crippen molar-refractivity contribution in [2.45, 2.75) is 51.2 Å². The highest BCUT2D eigenvalue weighted by molar-refractivity contribution is 5.78. The Morgan fingerprint density at radius 3 is 2.75 bits per heavy atom. The molecule has 0 aromatic carbocycles. The summed E-state index contributed by atoms with van der Waals surface area (Å²) < 4.78 is 10.8. The summed E-state index contributed by atoms with van der Waals surface area (Å²) in [5, 5.41) is 6.28. The van der Waals surface area contributed by atoms with Gasteiger partial charge in [-0.1, -0.05) is 12.8 Å². The molecule has 0 aliphatic heterocycles. The predicted molar refractivity (Wildman–Crippen MR) is 77.6 cm³/mol. The fourth-order valence-electron chi connectivity index (χ4n) is 3.71. The largest absolute Gasteiger partial charge is 0.383 e. The fourth-order valence-corrected chi connectivity index (χ4v) is 3.71. The van der Waals surface area contributed by atoms with Gasteiger partial charge >= 0.3 is 0 Å². The van der Waals surface area contributed by atoms with Crippen molar-refractivity contribution >= 4 is 5.91 Å². The Labute approximate surface area is 121 Å². The molecule has 0 radical (unpaired) electrons. The van der Waals surface area contributed by atoms with Gasteiger partial charge in [0.25, 0.3) is 0 Å². The van der Waals surface area contributed by atoms with Crippen LogP contribution in [0.3, 0.4) is 0 Å². The quantitative estimate of drug-likeness (QED) is 0.655. The van der Waals surface area contributed by atoms with E-state index in [9.17, 15) is 4.79 Å². The Morgan fingerprint density at radius 1 is 1.35 bits per heavy atom. The maximum atomic E-state index is 12.0. The van der Waals surface area contributed by atoms with Crippen LogP contribution in [-0.4, -0.2) is 51.5 Å². The van der Waals surface area contributed by atoms with Crippen molar-refractivity contribution in [3.05, 3.63) is 0 Å². The smallest absolute Gasteiger partial charge is 0.234 e. The minimum absolute atomic E-state index is 0.0901. The van der Waals surface area contributed by atoms with E-state index in [1.807, 2.05) is 6.92 Å². The SMILES string of the molecule is CCOC1CC(NC(=O)CNCCOC)C12CCCC2. The molecule has 5 heteroatoms. The van der Waals surface area contributed by atoms with Crippen molar-refractivity contribution in [3.8, 4) is 0 Å². The van der Waals surface area contributed by atoms with Crippen molar-refractivity contribution in [3.63, 3.8) is 0 Å². The number of nitrogens with one attached hydrogen (secondary N) is 2. The van der Waals surface area contributed by atoms with Crippen LogP contribution in [0.4, 0.5) is 0 Å². The molecule has 0 saturated heterocycles. The molecule has 2 rings (SSSR count). The summed E-state index contributed by atoms with van der Waals surface area (Å²) in [4.78, 5) is 12.0. The predicted octanol–water partition coefficient (Wildman–Crippen LogP) is 1.08. The molecule has 2 atom stereocenters. The number of amides is 1. The minimum atomic E-state index is 0.0901. The molecule has 1 spiro atoms. The summed E-state index contributed by atoms with van der Waals surface area (Å²) in [7, 11) is 1.66. The van der Waals surface area contributed by atoms with Crippen LogP contribution in [0.25, 0.3) is 0 Å². The summed E-state index contributed by atoms with van der Waals surface area (Å²) in [6, 6.07) is 0.304. The van der Waals surface area contributed by atoms with Crippen LogP contribution in [0.5, 0.6) is 0 Å². The second-order valence-corrected chi connectivity index (χ2v) is 5.91. The van der Waals surface area contributed by atoms with E-state index in [-0.39, 0.29) is 11.3 Å². The minimum Gasteiger partial charge on any atom is -0.383 e. The van der Waals surface area contributed by atoms with Crippen molar-refractivity contribution in [2.75, 3.05) is 33.4 Å². The van der Waals surface area contributed by atoms with Crippen LogP contribution in [0.2, 0.25) is 0 Å². The molecule has 2 aliphatic carbocycles. The van der Waals surface area contributed by atoms with Crippen molar-refractivity contribution in [1.29, 1.82) is 0 Å². The lowest BCUT2D eigenvalue weighted by molar-refractivity contribution is -0.143. The third kappa shape index (κ3) is 3.32. The molecule has 2 N–H and O–H groups in total. The van der Waals surface area contributed by atoms with Gasteiger partial charge in [-0.25, -0.2) is 0 Å². The Morgan fingerprint density at radius 2 is 2.10 bits per heavy atom. The lowest BCUT2D eigenvalue weighted by atomic mass is 9.60. The van der Waals surface area contributed by atoms with Gasteiger partial charge in [0.05, 0.1) is 19.3 Å². The highest BCUT2D eigenvalue weighted by Gasteiger charge is 2.57. The van der Waals surface area contributed by atoms with E-state index < -0.39 is 0 Å². The number of hydrogen-bond acceptors (Lipinski definition) is 4. The number of carbonyl (C=O) groups is 1. The molecule has 20 heavy (non-hydrogen) atoms. The van der Waals surface area contributed by atoms with Crippen molar-refractivity contribution in [2.24, 2.45) is 5.41 Å². The Bertz CT molecular complexity index is 316. The zero-order valence-electron chi connectivity index (χ0n) is 12.7. The summed E-state index contributed by atoms with van der Waals surface area (Å²) >= 11 is 0. The van der Waals surface area contributed by atoms with E-state index in [4.69, 9.17) is 9.47 Å². The van der Waals surface area contributed by atoms with Crippen LogP contribution in [0.1, 0.15) is 39.0 Å². The molecule has 0 aromatic heterocycles. The van der Waals surface area contributed by atoms with Crippen LogP contribution in [0, 0.1) is 5.41 Å². The van der Waals surface area contributed by atoms with Gasteiger partial charge in [-0.15, -0.1) is 0 Å². The fraction of sp³-hybridized carbons (Fsp3) is 0.933. The molecular weight excluding hydrogens is 256 g/mol. The maximum absolute atomic E-state index is 12.0. The first kappa shape index (κ1) is 15.7. The second kappa shape index (κ2) is 7.38. The summed E-state index contributed by atoms with van der Waals surface area (Å²) in [6.45, 7) is 4.53. The van der Waals surface area contributed by atoms with Gasteiger partial charge in [0.2, 0.25) is 5.91 Å². The Balaban J connectivity index is 1.76. The van der Waals surface area contributed by atoms with E-state index in [1.54, 1.807) is 7.11 Å². The number of carbonyl (C=O) groups excluding carboxylic acids is 1. The molecule has 2 fully saturated rings. The highest BCUT2D eigenvalue weighted by atomic mass is 16.5. The standard InChI is InChI=1S/C15H28N2O3/c1-3-20-13-10-12(15(13)6-4-5-7-15)17-14(18)11-16-8-9-19-2/h12-13,16H,3-11H2,1-2H3,(H,17,18). The summed E-state index contributed by atoms with van der Waals surface area (Å²) in [5.41, 5.74) is 0.220. The second-order valence-electron chi connectivity index (χ2n) is 5.91. The molecule has 2 aliphatic rings. The van der Waals surface area contributed by atoms with Gasteiger partial charge in [0.15, 0.2) is 0 Å². The topological polar surface area (TPSA) is 59.6 Å². The van der Waals surface area contributed by atoms with E-state index in [2.05, 4.69) is 10.6 Å². The van der Waals surface area contributed by atoms with Gasteiger partial charge in [-0.05, 0) is 26.2 Å². The van der Waals surface area contributed by atoms with Gasteiger partial charge in [0.1, 0.15) is 0 Å². The zero-order valence-corrected chi connectivity index (χ0v) is 12.7. The Hall–Kier alpha value is -0.650. The average molecular weight is 284 g/mol. The number of hydrogen-bond donors (Lipinski definition) is 2. The molecule has 5 nitrogen and oxygen atoms in total. The first-order chi connectivity index (χ1) is 9.73. The number of methoxy groups -OCH3 is 1. The number of ether oxygens (including phenoxy) is 2. The van der Waals surface area contributed by atoms with E-state index in [0.717, 1.165) is 13.0 Å². The molecule has 0 bridgehead atoms. The van der Waals surface area contributed by atoms with Crippen LogP contribution < -0.4 is 10.6 Å². The lowest BCUT2D eigenvalue weighted by Crippen LogP contribution is -2.64. The van der Waals surface area contributed by atoms with Gasteiger partial charge in [-0.3, -0.25) is 4.79 Å². The molecular formula is C15H28N2O3. The van der Waals surface area contributed by atoms with E-state index >= 15 is 0 Å². The first-order valence-electron chi connectivity index (χ1n) is 7.83. The highest BCUT2D eigenvalue weighted by Crippen LogP contribution is 2.54. The molecule has 0 aromatic rings. The van der Waals surface area contributed by atoms with Crippen LogP contribution >= 0.6 is 0 Å². The van der Waals surface area contributed by atoms with Crippen molar-refractivity contribution in [1.82, 2.24) is 10.6 Å². The normalized spacial score (nSPS) is 27.5. The molecule has 1 amide bonds. The summed E-state index contributed by atoms with van der Waals surface area (Å²) in [5.74, 6) is 0.0901. The first-order valence-corrected chi connectivity index (χ1v) is 7.83. The van der Waals surface area contributed by atoms with Gasteiger partial charge in [-0.2, -0.15) is 0 Å². The lowest BCUT2D eigenvalue weighted by Gasteiger charge is -2.54. The number of rotatable bonds is 8. The molecule has 2 unspecified atom stereocenters. The third-order valence-electron chi connectivity index (χ3n) is 4.79. The monoisotopic (exact) mass is 284 g/mol. The molecule has 0 heterocycles. The van der Waals surface area contributed by atoms with E-state index in [0.29, 0.717) is 31.8 Å². The molecule has 116 valence electrons. The average Bonchev–Trinajstić information content (AvgIpc) is 2.95. The Kier molecular flexibility index (Phi) is 5.81. The summed E-state index contributed by atoms with van der Waals surface area (Å²) in [6.07, 6.45) is 6.24. The van der Waals surface area contributed by atoms with Gasteiger partial charge in [0, 0.05) is 31.7 Å². The third-order valence-corrected chi connectivity index (χ3v) is 4.79. The molecule has 2 saturated carbocycles. The van der Waals surface area contributed by atoms with Crippen molar-refractivity contribution < 1.29 is 14.3 Å². The van der Waals surface area contributed by atoms with E-state index in [1.165, 1.54) is 25.7 Å². The maximum Gasteiger partial charge on any atom is 0.234 e. The zero-order chi connectivity index (χ0) is 14.4.